The van der Waals surface area contributed by atoms with E-state index in [1.807, 2.05) is 24.3 Å². The standard InChI is InChI=1S/C25H34N2O4S/c1-30-22-14-10-21(11-15-22)27-17-16-24(26-32(2,28)29)25(27)18-31-23-12-8-20(9-13-23)19-6-4-3-5-7-19/h3-7,10-11,14-15,20,23-26H,8-9,12-13,16-18H2,1-2H3/t20?,23?,24-,25-/m0/s1. The van der Waals surface area contributed by atoms with E-state index in [9.17, 15) is 8.42 Å². The second kappa shape index (κ2) is 10.2. The number of methoxy groups -OCH3 is 1. The first kappa shape index (κ1) is 23.1. The smallest absolute Gasteiger partial charge is 0.209 e. The maximum absolute atomic E-state index is 11.9. The topological polar surface area (TPSA) is 67.9 Å². The largest absolute Gasteiger partial charge is 0.497 e. The summed E-state index contributed by atoms with van der Waals surface area (Å²) in [5.41, 5.74) is 2.48. The molecule has 174 valence electrons. The number of benzene rings is 2. The first-order valence-corrected chi connectivity index (χ1v) is 13.4. The number of nitrogens with zero attached hydrogens (tertiary/aromatic N) is 1. The van der Waals surface area contributed by atoms with Crippen molar-refractivity contribution in [3.8, 4) is 5.75 Å². The molecule has 1 aliphatic carbocycles. The average Bonchev–Trinajstić information content (AvgIpc) is 3.19. The van der Waals surface area contributed by atoms with Gasteiger partial charge in [-0.1, -0.05) is 30.3 Å². The molecule has 6 nitrogen and oxygen atoms in total. The minimum absolute atomic E-state index is 0.0371. The summed E-state index contributed by atoms with van der Waals surface area (Å²) in [5.74, 6) is 1.42. The fourth-order valence-electron chi connectivity index (χ4n) is 5.09. The molecule has 2 atom stereocenters. The van der Waals surface area contributed by atoms with Crippen LogP contribution in [0, 0.1) is 0 Å². The lowest BCUT2D eigenvalue weighted by molar-refractivity contribution is 0.0157. The van der Waals surface area contributed by atoms with E-state index in [1.54, 1.807) is 7.11 Å². The van der Waals surface area contributed by atoms with Gasteiger partial charge in [-0.15, -0.1) is 0 Å². The van der Waals surface area contributed by atoms with E-state index in [1.165, 1.54) is 11.8 Å². The quantitative estimate of drug-likeness (QED) is 0.649. The molecule has 7 heteroatoms. The Morgan fingerprint density at radius 2 is 1.66 bits per heavy atom. The molecule has 32 heavy (non-hydrogen) atoms. The molecule has 1 heterocycles. The maximum atomic E-state index is 11.9. The molecule has 2 fully saturated rings. The van der Waals surface area contributed by atoms with Crippen molar-refractivity contribution in [1.29, 1.82) is 0 Å². The summed E-state index contributed by atoms with van der Waals surface area (Å²) in [6.07, 6.45) is 6.56. The molecule has 1 saturated carbocycles. The molecule has 0 bridgehead atoms. The van der Waals surface area contributed by atoms with Crippen LogP contribution in [0.25, 0.3) is 0 Å². The zero-order chi connectivity index (χ0) is 22.6. The Labute approximate surface area is 192 Å². The van der Waals surface area contributed by atoms with Gasteiger partial charge < -0.3 is 14.4 Å². The van der Waals surface area contributed by atoms with E-state index in [4.69, 9.17) is 9.47 Å². The lowest BCUT2D eigenvalue weighted by Crippen LogP contribution is -2.48. The highest BCUT2D eigenvalue weighted by Crippen LogP contribution is 2.35. The van der Waals surface area contributed by atoms with Gasteiger partial charge in [0.25, 0.3) is 0 Å². The van der Waals surface area contributed by atoms with Crippen LogP contribution in [0.5, 0.6) is 5.75 Å². The van der Waals surface area contributed by atoms with Crippen LogP contribution in [0.4, 0.5) is 5.69 Å². The molecular formula is C25H34N2O4S. The molecule has 2 aromatic rings. The summed E-state index contributed by atoms with van der Waals surface area (Å²) in [4.78, 5) is 2.26. The minimum atomic E-state index is -3.29. The Balaban J connectivity index is 1.39. The highest BCUT2D eigenvalue weighted by atomic mass is 32.2. The maximum Gasteiger partial charge on any atom is 0.209 e. The Hall–Kier alpha value is -2.09. The lowest BCUT2D eigenvalue weighted by Gasteiger charge is -2.33. The number of anilines is 1. The van der Waals surface area contributed by atoms with Gasteiger partial charge >= 0.3 is 0 Å². The number of ether oxygens (including phenoxy) is 2. The van der Waals surface area contributed by atoms with E-state index >= 15 is 0 Å². The SMILES string of the molecule is COc1ccc(N2CC[C@H](NS(C)(=O)=O)[C@@H]2COC2CCC(c3ccccc3)CC2)cc1. The molecule has 1 saturated heterocycles. The summed E-state index contributed by atoms with van der Waals surface area (Å²) in [6, 6.07) is 18.5. The van der Waals surface area contributed by atoms with Crippen molar-refractivity contribution in [1.82, 2.24) is 4.72 Å². The van der Waals surface area contributed by atoms with E-state index in [-0.39, 0.29) is 18.2 Å². The molecular weight excluding hydrogens is 424 g/mol. The highest BCUT2D eigenvalue weighted by Gasteiger charge is 2.37. The summed E-state index contributed by atoms with van der Waals surface area (Å²) >= 11 is 0. The van der Waals surface area contributed by atoms with E-state index < -0.39 is 10.0 Å². The molecule has 4 rings (SSSR count). The molecule has 0 spiro atoms. The van der Waals surface area contributed by atoms with Gasteiger partial charge in [0.1, 0.15) is 5.75 Å². The van der Waals surface area contributed by atoms with Crippen molar-refractivity contribution in [3.05, 3.63) is 60.2 Å². The summed E-state index contributed by atoms with van der Waals surface area (Å²) in [5, 5.41) is 0. The van der Waals surface area contributed by atoms with Crippen LogP contribution in [0.15, 0.2) is 54.6 Å². The van der Waals surface area contributed by atoms with Crippen molar-refractivity contribution in [3.63, 3.8) is 0 Å². The third kappa shape index (κ3) is 5.82. The van der Waals surface area contributed by atoms with Gasteiger partial charge in [0, 0.05) is 18.3 Å². The van der Waals surface area contributed by atoms with Gasteiger partial charge in [-0.05, 0) is 67.9 Å². The zero-order valence-electron chi connectivity index (χ0n) is 18.9. The normalized spacial score (nSPS) is 26.2. The van der Waals surface area contributed by atoms with E-state index in [2.05, 4.69) is 40.0 Å². The third-order valence-electron chi connectivity index (χ3n) is 6.76. The van der Waals surface area contributed by atoms with Crippen molar-refractivity contribution >= 4 is 15.7 Å². The summed E-state index contributed by atoms with van der Waals surface area (Å²) < 4.78 is 38.4. The van der Waals surface area contributed by atoms with Gasteiger partial charge in [0.15, 0.2) is 0 Å². The fraction of sp³-hybridized carbons (Fsp3) is 0.520. The monoisotopic (exact) mass is 458 g/mol. The van der Waals surface area contributed by atoms with Crippen LogP contribution in [-0.4, -0.2) is 53.1 Å². The van der Waals surface area contributed by atoms with Gasteiger partial charge in [-0.25, -0.2) is 13.1 Å². The van der Waals surface area contributed by atoms with Crippen LogP contribution >= 0.6 is 0 Å². The van der Waals surface area contributed by atoms with Crippen molar-refractivity contribution < 1.29 is 17.9 Å². The van der Waals surface area contributed by atoms with Crippen molar-refractivity contribution in [2.24, 2.45) is 0 Å². The highest BCUT2D eigenvalue weighted by molar-refractivity contribution is 7.88. The Morgan fingerprint density at radius 1 is 0.969 bits per heavy atom. The molecule has 0 aromatic heterocycles. The lowest BCUT2D eigenvalue weighted by atomic mass is 9.83. The van der Waals surface area contributed by atoms with Crippen LogP contribution in [0.2, 0.25) is 0 Å². The molecule has 1 N–H and O–H groups in total. The number of sulfonamides is 1. The molecule has 2 aromatic carbocycles. The second-order valence-corrected chi connectivity index (χ2v) is 10.7. The summed E-state index contributed by atoms with van der Waals surface area (Å²) in [6.45, 7) is 1.30. The van der Waals surface area contributed by atoms with Crippen LogP contribution in [0.3, 0.4) is 0 Å². The minimum Gasteiger partial charge on any atom is -0.497 e. The molecule has 0 unspecified atom stereocenters. The number of nitrogens with one attached hydrogen (secondary N) is 1. The fourth-order valence-corrected chi connectivity index (χ4v) is 5.91. The van der Waals surface area contributed by atoms with Crippen molar-refractivity contribution in [2.75, 3.05) is 31.4 Å². The summed E-state index contributed by atoms with van der Waals surface area (Å²) in [7, 11) is -1.64. The van der Waals surface area contributed by atoms with Gasteiger partial charge in [0.2, 0.25) is 10.0 Å². The molecule has 1 aliphatic heterocycles. The Kier molecular flexibility index (Phi) is 7.38. The number of hydrogen-bond donors (Lipinski definition) is 1. The van der Waals surface area contributed by atoms with E-state index in [0.717, 1.165) is 50.1 Å². The van der Waals surface area contributed by atoms with Gasteiger partial charge in [0.05, 0.1) is 32.1 Å². The number of rotatable bonds is 8. The predicted octanol–water partition coefficient (Wildman–Crippen LogP) is 3.93. The zero-order valence-corrected chi connectivity index (χ0v) is 19.8. The van der Waals surface area contributed by atoms with E-state index in [0.29, 0.717) is 12.5 Å². The van der Waals surface area contributed by atoms with Crippen LogP contribution in [0.1, 0.15) is 43.6 Å². The molecule has 0 radical (unpaired) electrons. The second-order valence-electron chi connectivity index (χ2n) is 8.96. The Bertz CT molecular complexity index is 957. The van der Waals surface area contributed by atoms with Crippen LogP contribution in [-0.2, 0) is 14.8 Å². The van der Waals surface area contributed by atoms with Gasteiger partial charge in [-0.3, -0.25) is 0 Å². The first-order valence-electron chi connectivity index (χ1n) is 11.5. The van der Waals surface area contributed by atoms with Crippen molar-refractivity contribution in [2.45, 2.75) is 56.2 Å². The molecule has 0 amide bonds. The predicted molar refractivity (Wildman–Crippen MR) is 128 cm³/mol. The third-order valence-corrected chi connectivity index (χ3v) is 7.49. The first-order chi connectivity index (χ1) is 15.4. The molecule has 2 aliphatic rings. The van der Waals surface area contributed by atoms with Crippen LogP contribution < -0.4 is 14.4 Å². The average molecular weight is 459 g/mol. The van der Waals surface area contributed by atoms with Gasteiger partial charge in [-0.2, -0.15) is 0 Å². The Morgan fingerprint density at radius 3 is 2.28 bits per heavy atom. The number of hydrogen-bond acceptors (Lipinski definition) is 5.